The summed E-state index contributed by atoms with van der Waals surface area (Å²) in [7, 11) is 14.7. The van der Waals surface area contributed by atoms with Gasteiger partial charge in [-0.3, -0.25) is 10.2 Å². The van der Waals surface area contributed by atoms with Gasteiger partial charge in [0.15, 0.2) is 5.96 Å². The number of carbonyl (C=O) groups excluding carboxylic acids is 1. The molecule has 10 heteroatoms. The fourth-order valence-corrected chi connectivity index (χ4v) is 2.94. The number of phenols is 1. The van der Waals surface area contributed by atoms with Crippen LogP contribution in [0.25, 0.3) is 17.0 Å². The Balaban J connectivity index is 0.000000319. The topological polar surface area (TPSA) is 117 Å². The zero-order valence-corrected chi connectivity index (χ0v) is 23.3. The number of fused-ring (bicyclic) bond motifs is 1. The van der Waals surface area contributed by atoms with E-state index < -0.39 is 0 Å². The van der Waals surface area contributed by atoms with Crippen LogP contribution in [-0.2, 0) is 4.79 Å². The standard InChI is InChI=1S/C14H19N3O2.C9H6O2.C5H13N3/c1-16(2)14(17(3)4)15-13(19)10-9-11-7-5-6-8-12(11)18;10-9-6-5-7-3-1-2-4-8(7)11-9;1-7(2)5(6)8(3)4/h5-10,18H,1-4H3;1-6H;6H,1-4H3/b10-9+;;. The van der Waals surface area contributed by atoms with Gasteiger partial charge in [-0.05, 0) is 24.3 Å². The van der Waals surface area contributed by atoms with Gasteiger partial charge >= 0.3 is 5.63 Å². The number of aliphatic imine (C=N–C) groups is 1. The largest absolute Gasteiger partial charge is 0.507 e. The van der Waals surface area contributed by atoms with Gasteiger partial charge in [0, 0.05) is 79.5 Å². The zero-order valence-electron chi connectivity index (χ0n) is 23.3. The fourth-order valence-electron chi connectivity index (χ4n) is 2.94. The van der Waals surface area contributed by atoms with E-state index in [2.05, 4.69) is 4.99 Å². The van der Waals surface area contributed by atoms with Crippen molar-refractivity contribution in [2.75, 3.05) is 56.4 Å². The molecule has 3 rings (SSSR count). The van der Waals surface area contributed by atoms with Gasteiger partial charge < -0.3 is 29.1 Å². The average Bonchev–Trinajstić information content (AvgIpc) is 2.86. The summed E-state index contributed by atoms with van der Waals surface area (Å²) in [6, 6.07) is 17.4. The van der Waals surface area contributed by atoms with E-state index in [0.717, 1.165) is 5.39 Å². The van der Waals surface area contributed by atoms with Crippen molar-refractivity contribution in [3.63, 3.8) is 0 Å². The fraction of sp³-hybridized carbons (Fsp3) is 0.286. The minimum atomic E-state index is -0.374. The average molecular weight is 523 g/mol. The number of hydrogen-bond acceptors (Lipinski definition) is 5. The molecule has 38 heavy (non-hydrogen) atoms. The summed E-state index contributed by atoms with van der Waals surface area (Å²) in [6.07, 6.45) is 2.88. The molecule has 0 bridgehead atoms. The van der Waals surface area contributed by atoms with Gasteiger partial charge in [0.2, 0.25) is 5.96 Å². The molecule has 0 aliphatic carbocycles. The Hall–Kier alpha value is -4.60. The van der Waals surface area contributed by atoms with Gasteiger partial charge in [-0.2, -0.15) is 4.99 Å². The number of rotatable bonds is 2. The molecule has 0 atom stereocenters. The lowest BCUT2D eigenvalue weighted by Crippen LogP contribution is -2.35. The van der Waals surface area contributed by atoms with Crippen LogP contribution in [0, 0.1) is 5.41 Å². The summed E-state index contributed by atoms with van der Waals surface area (Å²) in [4.78, 5) is 33.4. The number of nitrogens with zero attached hydrogens (tertiary/aromatic N) is 5. The van der Waals surface area contributed by atoms with Gasteiger partial charge in [0.25, 0.3) is 5.91 Å². The van der Waals surface area contributed by atoms with Crippen LogP contribution in [0.2, 0.25) is 0 Å². The molecule has 2 N–H and O–H groups in total. The zero-order chi connectivity index (χ0) is 28.8. The van der Waals surface area contributed by atoms with Crippen LogP contribution in [0.3, 0.4) is 0 Å². The molecule has 0 saturated carbocycles. The molecule has 1 heterocycles. The van der Waals surface area contributed by atoms with E-state index in [1.165, 1.54) is 12.1 Å². The Bertz CT molecular complexity index is 1290. The molecule has 10 nitrogen and oxygen atoms in total. The van der Waals surface area contributed by atoms with E-state index in [1.54, 1.807) is 62.1 Å². The molecule has 1 aromatic heterocycles. The molecule has 0 fully saturated rings. The number of aromatic hydroxyl groups is 1. The summed E-state index contributed by atoms with van der Waals surface area (Å²) >= 11 is 0. The van der Waals surface area contributed by atoms with Crippen LogP contribution in [0.15, 0.2) is 80.9 Å². The number of guanidine groups is 2. The van der Waals surface area contributed by atoms with Crippen molar-refractivity contribution in [3.8, 4) is 5.75 Å². The first-order chi connectivity index (χ1) is 17.8. The van der Waals surface area contributed by atoms with Crippen molar-refractivity contribution in [2.24, 2.45) is 4.99 Å². The number of para-hydroxylation sites is 2. The smallest absolute Gasteiger partial charge is 0.336 e. The summed E-state index contributed by atoms with van der Waals surface area (Å²) in [5, 5.41) is 17.8. The second-order valence-corrected chi connectivity index (χ2v) is 8.84. The molecular weight excluding hydrogens is 484 g/mol. The molecule has 3 aromatic rings. The second-order valence-electron chi connectivity index (χ2n) is 8.84. The normalized spacial score (nSPS) is 9.89. The van der Waals surface area contributed by atoms with Crippen molar-refractivity contribution in [3.05, 3.63) is 82.7 Å². The van der Waals surface area contributed by atoms with Gasteiger partial charge in [-0.1, -0.05) is 36.4 Å². The minimum Gasteiger partial charge on any atom is -0.507 e. The molecule has 0 saturated heterocycles. The summed E-state index contributed by atoms with van der Waals surface area (Å²) in [5.74, 6) is 0.841. The molecule has 0 radical (unpaired) electrons. The third kappa shape index (κ3) is 11.0. The Morgan fingerprint density at radius 3 is 1.89 bits per heavy atom. The number of carbonyl (C=O) groups is 1. The monoisotopic (exact) mass is 522 g/mol. The van der Waals surface area contributed by atoms with Crippen LogP contribution < -0.4 is 5.63 Å². The van der Waals surface area contributed by atoms with E-state index in [-0.39, 0.29) is 17.3 Å². The van der Waals surface area contributed by atoms with E-state index in [0.29, 0.717) is 23.1 Å². The summed E-state index contributed by atoms with van der Waals surface area (Å²) in [5.41, 5.74) is 0.922. The highest BCUT2D eigenvalue weighted by molar-refractivity contribution is 6.00. The van der Waals surface area contributed by atoms with Crippen molar-refractivity contribution in [1.29, 1.82) is 5.41 Å². The lowest BCUT2D eigenvalue weighted by Gasteiger charge is -2.21. The van der Waals surface area contributed by atoms with Gasteiger partial charge in [-0.25, -0.2) is 4.79 Å². The number of amides is 1. The predicted molar refractivity (Wildman–Crippen MR) is 155 cm³/mol. The van der Waals surface area contributed by atoms with Crippen LogP contribution in [0.4, 0.5) is 0 Å². The van der Waals surface area contributed by atoms with E-state index in [9.17, 15) is 14.7 Å². The van der Waals surface area contributed by atoms with E-state index >= 15 is 0 Å². The maximum Gasteiger partial charge on any atom is 0.336 e. The lowest BCUT2D eigenvalue weighted by molar-refractivity contribution is -0.113. The molecule has 204 valence electrons. The van der Waals surface area contributed by atoms with Crippen LogP contribution >= 0.6 is 0 Å². The predicted octanol–water partition coefficient (Wildman–Crippen LogP) is 3.25. The Morgan fingerprint density at radius 2 is 1.37 bits per heavy atom. The maximum absolute atomic E-state index is 11.7. The van der Waals surface area contributed by atoms with Gasteiger partial charge in [0.1, 0.15) is 11.3 Å². The minimum absolute atomic E-state index is 0.135. The Morgan fingerprint density at radius 1 is 0.816 bits per heavy atom. The van der Waals surface area contributed by atoms with Crippen LogP contribution in [-0.4, -0.2) is 98.9 Å². The number of hydrogen-bond donors (Lipinski definition) is 2. The second kappa shape index (κ2) is 15.5. The molecule has 0 unspecified atom stereocenters. The van der Waals surface area contributed by atoms with Crippen molar-refractivity contribution in [2.45, 2.75) is 0 Å². The summed E-state index contributed by atoms with van der Waals surface area (Å²) in [6.45, 7) is 0. The first-order valence-electron chi connectivity index (χ1n) is 11.7. The quantitative estimate of drug-likeness (QED) is 0.228. The highest BCUT2D eigenvalue weighted by atomic mass is 16.4. The number of phenolic OH excluding ortho intramolecular Hbond substituents is 1. The van der Waals surface area contributed by atoms with E-state index in [1.807, 2.05) is 74.6 Å². The molecule has 1 amide bonds. The molecular formula is C28H38N6O4. The van der Waals surface area contributed by atoms with Crippen molar-refractivity contribution >= 4 is 34.9 Å². The highest BCUT2D eigenvalue weighted by Crippen LogP contribution is 2.16. The molecule has 0 spiro atoms. The van der Waals surface area contributed by atoms with Gasteiger partial charge in [0.05, 0.1) is 0 Å². The van der Waals surface area contributed by atoms with Crippen LogP contribution in [0.5, 0.6) is 5.75 Å². The summed E-state index contributed by atoms with van der Waals surface area (Å²) < 4.78 is 4.91. The third-order valence-corrected chi connectivity index (χ3v) is 4.73. The highest BCUT2D eigenvalue weighted by Gasteiger charge is 2.06. The Labute approximate surface area is 224 Å². The SMILES string of the molecule is CN(C)C(=N)N(C)C.CN(C)C(=NC(=O)/C=C/c1ccccc1O)N(C)C.O=c1ccc2ccccc2o1. The lowest BCUT2D eigenvalue weighted by atomic mass is 10.2. The van der Waals surface area contributed by atoms with E-state index in [4.69, 9.17) is 9.83 Å². The van der Waals surface area contributed by atoms with Gasteiger partial charge in [-0.15, -0.1) is 0 Å². The molecule has 0 aliphatic heterocycles. The maximum atomic E-state index is 11.7. The molecule has 0 aliphatic rings. The number of nitrogens with one attached hydrogen (secondary N) is 1. The first kappa shape index (κ1) is 31.4. The van der Waals surface area contributed by atoms with Crippen LogP contribution in [0.1, 0.15) is 5.56 Å². The first-order valence-corrected chi connectivity index (χ1v) is 11.7. The van der Waals surface area contributed by atoms with Crippen molar-refractivity contribution < 1.29 is 14.3 Å². The molecule has 2 aromatic carbocycles. The van der Waals surface area contributed by atoms with Crippen molar-refractivity contribution in [1.82, 2.24) is 19.6 Å². The number of benzene rings is 2. The third-order valence-electron chi connectivity index (χ3n) is 4.73. The Kier molecular flexibility index (Phi) is 12.8.